The number of carbonyl (C=O) groups excluding carboxylic acids is 2. The molecule has 0 spiro atoms. The molecule has 8 nitrogen and oxygen atoms in total. The molecule has 4 rings (SSSR count). The van der Waals surface area contributed by atoms with Crippen molar-refractivity contribution in [2.45, 2.75) is 12.5 Å². The Morgan fingerprint density at radius 1 is 1.17 bits per heavy atom. The molecule has 2 heterocycles. The number of anilines is 1. The summed E-state index contributed by atoms with van der Waals surface area (Å²) >= 11 is 6.17. The number of nitrogens with zero attached hydrogens (tertiary/aromatic N) is 2. The molecule has 2 aromatic carbocycles. The number of benzene rings is 2. The number of nitrogens with one attached hydrogen (secondary N) is 2. The van der Waals surface area contributed by atoms with E-state index in [4.69, 9.17) is 22.1 Å². The standard InChI is InChI=1S/C20H18ClN5O3/c21-15-3-1-2-14-16(9-11-29-18(14)15)23-20(28)24-17-8-10-26(25-17)13-6-4-12(5-7-13)19(22)27/h1-8,10,16H,9,11H2,(H2,22,27)(H2,23,24,25,28)/t16-/m0/s1. The summed E-state index contributed by atoms with van der Waals surface area (Å²) in [5.41, 5.74) is 7.24. The van der Waals surface area contributed by atoms with Crippen LogP contribution in [0, 0.1) is 0 Å². The molecule has 29 heavy (non-hydrogen) atoms. The fourth-order valence-corrected chi connectivity index (χ4v) is 3.40. The highest BCUT2D eigenvalue weighted by Crippen LogP contribution is 2.37. The van der Waals surface area contributed by atoms with Crippen molar-refractivity contribution in [1.29, 1.82) is 0 Å². The number of aromatic nitrogens is 2. The molecule has 148 valence electrons. The first-order valence-corrected chi connectivity index (χ1v) is 9.34. The molecular weight excluding hydrogens is 394 g/mol. The van der Waals surface area contributed by atoms with Gasteiger partial charge in [0, 0.05) is 29.8 Å². The highest BCUT2D eigenvalue weighted by molar-refractivity contribution is 6.32. The molecule has 0 saturated heterocycles. The van der Waals surface area contributed by atoms with Gasteiger partial charge in [-0.25, -0.2) is 9.48 Å². The smallest absolute Gasteiger partial charge is 0.320 e. The number of nitrogens with two attached hydrogens (primary N) is 1. The fourth-order valence-electron chi connectivity index (χ4n) is 3.16. The predicted octanol–water partition coefficient (Wildman–Crippen LogP) is 3.27. The maximum absolute atomic E-state index is 12.4. The Bertz CT molecular complexity index is 1060. The molecule has 4 N–H and O–H groups in total. The van der Waals surface area contributed by atoms with Crippen LogP contribution >= 0.6 is 11.6 Å². The Morgan fingerprint density at radius 2 is 1.97 bits per heavy atom. The zero-order chi connectivity index (χ0) is 20.4. The van der Waals surface area contributed by atoms with Crippen molar-refractivity contribution in [3.8, 4) is 11.4 Å². The summed E-state index contributed by atoms with van der Waals surface area (Å²) in [7, 11) is 0. The summed E-state index contributed by atoms with van der Waals surface area (Å²) in [6, 6.07) is 13.2. The molecule has 1 aliphatic rings. The van der Waals surface area contributed by atoms with Crippen LogP contribution in [-0.4, -0.2) is 28.3 Å². The molecule has 0 fully saturated rings. The number of amides is 3. The van der Waals surface area contributed by atoms with Crippen LogP contribution in [0.1, 0.15) is 28.4 Å². The lowest BCUT2D eigenvalue weighted by atomic mass is 10.0. The van der Waals surface area contributed by atoms with Crippen molar-refractivity contribution < 1.29 is 14.3 Å². The van der Waals surface area contributed by atoms with Gasteiger partial charge in [-0.15, -0.1) is 5.10 Å². The maximum atomic E-state index is 12.4. The third kappa shape index (κ3) is 4.02. The first-order chi connectivity index (χ1) is 14.0. The van der Waals surface area contributed by atoms with Gasteiger partial charge < -0.3 is 15.8 Å². The van der Waals surface area contributed by atoms with Gasteiger partial charge in [-0.2, -0.15) is 0 Å². The summed E-state index contributed by atoms with van der Waals surface area (Å²) in [4.78, 5) is 23.6. The molecule has 0 aliphatic carbocycles. The summed E-state index contributed by atoms with van der Waals surface area (Å²) in [5, 5.41) is 10.5. The van der Waals surface area contributed by atoms with E-state index in [1.54, 1.807) is 47.3 Å². The molecule has 1 aliphatic heterocycles. The van der Waals surface area contributed by atoms with E-state index >= 15 is 0 Å². The Kier molecular flexibility index (Phi) is 5.09. The highest BCUT2D eigenvalue weighted by Gasteiger charge is 2.24. The number of hydrogen-bond acceptors (Lipinski definition) is 4. The summed E-state index contributed by atoms with van der Waals surface area (Å²) in [5.74, 6) is 0.501. The normalized spacial score (nSPS) is 15.1. The SMILES string of the molecule is NC(=O)c1ccc(-n2ccc(NC(=O)N[C@H]3CCOc4c(Cl)cccc43)n2)cc1. The maximum Gasteiger partial charge on any atom is 0.320 e. The quantitative estimate of drug-likeness (QED) is 0.611. The van der Waals surface area contributed by atoms with E-state index in [0.29, 0.717) is 35.2 Å². The number of para-hydroxylation sites is 1. The van der Waals surface area contributed by atoms with E-state index in [1.807, 2.05) is 12.1 Å². The van der Waals surface area contributed by atoms with E-state index in [1.165, 1.54) is 0 Å². The van der Waals surface area contributed by atoms with E-state index in [-0.39, 0.29) is 12.1 Å². The average Bonchev–Trinajstić information content (AvgIpc) is 3.17. The second-order valence-electron chi connectivity index (χ2n) is 6.50. The van der Waals surface area contributed by atoms with Gasteiger partial charge in [-0.3, -0.25) is 10.1 Å². The van der Waals surface area contributed by atoms with Gasteiger partial charge in [-0.05, 0) is 30.3 Å². The number of ether oxygens (including phenoxy) is 1. The van der Waals surface area contributed by atoms with E-state index < -0.39 is 5.91 Å². The van der Waals surface area contributed by atoms with Crippen LogP contribution in [0.15, 0.2) is 54.7 Å². The summed E-state index contributed by atoms with van der Waals surface area (Å²) in [6.07, 6.45) is 2.35. The van der Waals surface area contributed by atoms with Crippen molar-refractivity contribution in [1.82, 2.24) is 15.1 Å². The number of primary amides is 1. The highest BCUT2D eigenvalue weighted by atomic mass is 35.5. The average molecular weight is 412 g/mol. The Balaban J connectivity index is 1.43. The summed E-state index contributed by atoms with van der Waals surface area (Å²) < 4.78 is 7.20. The Morgan fingerprint density at radius 3 is 2.72 bits per heavy atom. The molecule has 3 aromatic rings. The van der Waals surface area contributed by atoms with Gasteiger partial charge in [0.1, 0.15) is 5.75 Å². The molecule has 1 atom stereocenters. The Hall–Kier alpha value is -3.52. The van der Waals surface area contributed by atoms with Crippen molar-refractivity contribution in [3.63, 3.8) is 0 Å². The molecule has 3 amide bonds. The zero-order valence-electron chi connectivity index (χ0n) is 15.3. The predicted molar refractivity (Wildman–Crippen MR) is 109 cm³/mol. The van der Waals surface area contributed by atoms with Crippen LogP contribution in [0.4, 0.5) is 10.6 Å². The van der Waals surface area contributed by atoms with Gasteiger partial charge >= 0.3 is 6.03 Å². The lowest BCUT2D eigenvalue weighted by Crippen LogP contribution is -2.35. The zero-order valence-corrected chi connectivity index (χ0v) is 16.0. The number of rotatable bonds is 4. The van der Waals surface area contributed by atoms with Crippen molar-refractivity contribution in [3.05, 3.63) is 70.9 Å². The van der Waals surface area contributed by atoms with Crippen LogP contribution in [0.3, 0.4) is 0 Å². The van der Waals surface area contributed by atoms with Gasteiger partial charge in [0.15, 0.2) is 5.82 Å². The van der Waals surface area contributed by atoms with E-state index in [0.717, 1.165) is 11.3 Å². The second-order valence-corrected chi connectivity index (χ2v) is 6.91. The van der Waals surface area contributed by atoms with Gasteiger partial charge in [0.2, 0.25) is 5.91 Å². The first-order valence-electron chi connectivity index (χ1n) is 8.96. The largest absolute Gasteiger partial charge is 0.492 e. The minimum Gasteiger partial charge on any atom is -0.492 e. The van der Waals surface area contributed by atoms with Crippen molar-refractivity contribution in [2.24, 2.45) is 5.73 Å². The molecule has 0 unspecified atom stereocenters. The van der Waals surface area contributed by atoms with Crippen LogP contribution in [-0.2, 0) is 0 Å². The molecule has 0 saturated carbocycles. The second kappa shape index (κ2) is 7.84. The third-order valence-electron chi connectivity index (χ3n) is 4.58. The fraction of sp³-hybridized carbons (Fsp3) is 0.150. The number of fused-ring (bicyclic) bond motifs is 1. The minimum absolute atomic E-state index is 0.208. The molecule has 0 bridgehead atoms. The van der Waals surface area contributed by atoms with Crippen LogP contribution < -0.4 is 21.1 Å². The Labute approximate surface area is 171 Å². The molecular formula is C20H18ClN5O3. The van der Waals surface area contributed by atoms with E-state index in [2.05, 4.69) is 15.7 Å². The van der Waals surface area contributed by atoms with E-state index in [9.17, 15) is 9.59 Å². The lowest BCUT2D eigenvalue weighted by Gasteiger charge is -2.27. The van der Waals surface area contributed by atoms with Crippen molar-refractivity contribution >= 4 is 29.4 Å². The minimum atomic E-state index is -0.494. The molecule has 9 heteroatoms. The summed E-state index contributed by atoms with van der Waals surface area (Å²) in [6.45, 7) is 0.470. The van der Waals surface area contributed by atoms with Crippen LogP contribution in [0.5, 0.6) is 5.75 Å². The van der Waals surface area contributed by atoms with Crippen molar-refractivity contribution in [2.75, 3.05) is 11.9 Å². The van der Waals surface area contributed by atoms with Gasteiger partial charge in [0.05, 0.1) is 23.4 Å². The number of halogens is 1. The monoisotopic (exact) mass is 411 g/mol. The third-order valence-corrected chi connectivity index (χ3v) is 4.88. The number of urea groups is 1. The van der Waals surface area contributed by atoms with Crippen LogP contribution in [0.25, 0.3) is 5.69 Å². The molecule has 1 aromatic heterocycles. The van der Waals surface area contributed by atoms with Crippen LogP contribution in [0.2, 0.25) is 5.02 Å². The number of hydrogen-bond donors (Lipinski definition) is 3. The molecule has 0 radical (unpaired) electrons. The topological polar surface area (TPSA) is 111 Å². The number of carbonyl (C=O) groups is 2. The first kappa shape index (κ1) is 18.8. The lowest BCUT2D eigenvalue weighted by molar-refractivity contribution is 0.1000. The van der Waals surface area contributed by atoms with Gasteiger partial charge in [0.25, 0.3) is 0 Å². The van der Waals surface area contributed by atoms with Gasteiger partial charge in [-0.1, -0.05) is 23.7 Å².